The second-order valence-corrected chi connectivity index (χ2v) is 4.72. The van der Waals surface area contributed by atoms with E-state index < -0.39 is 0 Å². The third-order valence-electron chi connectivity index (χ3n) is 3.19. The van der Waals surface area contributed by atoms with Crippen LogP contribution in [0.15, 0.2) is 0 Å². The fourth-order valence-electron chi connectivity index (χ4n) is 1.95. The number of hydrogen-bond acceptors (Lipinski definition) is 2. The van der Waals surface area contributed by atoms with Crippen LogP contribution in [0.4, 0.5) is 0 Å². The molecule has 0 aromatic rings. The predicted octanol–water partition coefficient (Wildman–Crippen LogP) is 3.35. The Morgan fingerprint density at radius 2 is 1.64 bits per heavy atom. The average molecular weight is 200 g/mol. The first-order valence-electron chi connectivity index (χ1n) is 5.87. The van der Waals surface area contributed by atoms with Crippen molar-refractivity contribution in [2.45, 2.75) is 71.9 Å². The minimum atomic E-state index is -0.311. The Balaban J connectivity index is 2.64. The van der Waals surface area contributed by atoms with Gasteiger partial charge in [0.2, 0.25) is 0 Å². The van der Waals surface area contributed by atoms with Crippen molar-refractivity contribution < 1.29 is 9.47 Å². The summed E-state index contributed by atoms with van der Waals surface area (Å²) in [6.07, 6.45) is 3.86. The molecule has 1 aliphatic rings. The van der Waals surface area contributed by atoms with E-state index in [0.717, 1.165) is 6.42 Å². The highest BCUT2D eigenvalue weighted by molar-refractivity contribution is 4.84. The molecule has 2 atom stereocenters. The molecule has 0 bridgehead atoms. The van der Waals surface area contributed by atoms with Crippen LogP contribution in [0.2, 0.25) is 0 Å². The Morgan fingerprint density at radius 3 is 2.00 bits per heavy atom. The lowest BCUT2D eigenvalue weighted by molar-refractivity contribution is -0.207. The fourth-order valence-corrected chi connectivity index (χ4v) is 1.95. The molecular formula is C12H24O2. The predicted molar refractivity (Wildman–Crippen MR) is 58.2 cm³/mol. The van der Waals surface area contributed by atoms with Crippen LogP contribution in [0.1, 0.15) is 53.9 Å². The van der Waals surface area contributed by atoms with E-state index in [1.807, 2.05) is 0 Å². The minimum Gasteiger partial charge on any atom is -0.344 e. The molecule has 0 radical (unpaired) electrons. The number of unbranched alkanes of at least 4 members (excludes halogenated alkanes) is 1. The Morgan fingerprint density at radius 1 is 1.14 bits per heavy atom. The molecule has 2 heteroatoms. The molecule has 0 spiro atoms. The SMILES string of the molecule is CCCCC1(C(C)C)OC(C)C(C)O1. The quantitative estimate of drug-likeness (QED) is 0.693. The molecule has 2 unspecified atom stereocenters. The number of ether oxygens (including phenoxy) is 2. The molecule has 0 aliphatic carbocycles. The van der Waals surface area contributed by atoms with Crippen LogP contribution in [0.3, 0.4) is 0 Å². The molecule has 1 fully saturated rings. The summed E-state index contributed by atoms with van der Waals surface area (Å²) in [4.78, 5) is 0. The smallest absolute Gasteiger partial charge is 0.171 e. The topological polar surface area (TPSA) is 18.5 Å². The molecule has 0 aromatic heterocycles. The zero-order valence-corrected chi connectivity index (χ0v) is 10.2. The Hall–Kier alpha value is -0.0800. The van der Waals surface area contributed by atoms with Gasteiger partial charge in [-0.1, -0.05) is 27.2 Å². The van der Waals surface area contributed by atoms with Gasteiger partial charge in [-0.3, -0.25) is 0 Å². The van der Waals surface area contributed by atoms with Gasteiger partial charge in [0.25, 0.3) is 0 Å². The zero-order valence-electron chi connectivity index (χ0n) is 10.2. The Bertz CT molecular complexity index is 167. The number of rotatable bonds is 4. The van der Waals surface area contributed by atoms with Gasteiger partial charge in [0.1, 0.15) is 0 Å². The fraction of sp³-hybridized carbons (Fsp3) is 1.00. The third-order valence-corrected chi connectivity index (χ3v) is 3.19. The van der Waals surface area contributed by atoms with Crippen molar-refractivity contribution in [3.05, 3.63) is 0 Å². The third kappa shape index (κ3) is 2.29. The summed E-state index contributed by atoms with van der Waals surface area (Å²) < 4.78 is 12.0. The summed E-state index contributed by atoms with van der Waals surface area (Å²) in [5.41, 5.74) is 0. The maximum Gasteiger partial charge on any atom is 0.171 e. The minimum absolute atomic E-state index is 0.231. The van der Waals surface area contributed by atoms with Crippen LogP contribution in [-0.2, 0) is 9.47 Å². The van der Waals surface area contributed by atoms with Crippen LogP contribution in [0, 0.1) is 5.92 Å². The molecule has 0 aromatic carbocycles. The van der Waals surface area contributed by atoms with Crippen molar-refractivity contribution in [3.8, 4) is 0 Å². The van der Waals surface area contributed by atoms with E-state index >= 15 is 0 Å². The summed E-state index contributed by atoms with van der Waals surface area (Å²) in [5, 5.41) is 0. The molecule has 0 amide bonds. The molecule has 1 aliphatic heterocycles. The maximum atomic E-state index is 6.00. The van der Waals surface area contributed by atoms with Crippen molar-refractivity contribution in [1.29, 1.82) is 0 Å². The Labute approximate surface area is 88.0 Å². The van der Waals surface area contributed by atoms with Crippen molar-refractivity contribution in [3.63, 3.8) is 0 Å². The van der Waals surface area contributed by atoms with Crippen LogP contribution >= 0.6 is 0 Å². The van der Waals surface area contributed by atoms with Gasteiger partial charge in [0.05, 0.1) is 12.2 Å². The summed E-state index contributed by atoms with van der Waals surface area (Å²) in [6.45, 7) is 10.8. The second-order valence-electron chi connectivity index (χ2n) is 4.72. The van der Waals surface area contributed by atoms with Gasteiger partial charge in [-0.15, -0.1) is 0 Å². The monoisotopic (exact) mass is 200 g/mol. The molecule has 1 heterocycles. The number of hydrogen-bond donors (Lipinski definition) is 0. The lowest BCUT2D eigenvalue weighted by Gasteiger charge is -2.32. The zero-order chi connectivity index (χ0) is 10.8. The van der Waals surface area contributed by atoms with Gasteiger partial charge in [-0.05, 0) is 20.3 Å². The van der Waals surface area contributed by atoms with E-state index in [1.54, 1.807) is 0 Å². The summed E-state index contributed by atoms with van der Waals surface area (Å²) in [5.74, 6) is 0.121. The first-order chi connectivity index (χ1) is 6.52. The summed E-state index contributed by atoms with van der Waals surface area (Å²) in [7, 11) is 0. The highest BCUT2D eigenvalue weighted by atomic mass is 16.8. The molecule has 2 nitrogen and oxygen atoms in total. The lowest BCUT2D eigenvalue weighted by Crippen LogP contribution is -2.37. The first kappa shape index (κ1) is 12.0. The van der Waals surface area contributed by atoms with Gasteiger partial charge in [-0.25, -0.2) is 0 Å². The molecular weight excluding hydrogens is 176 g/mol. The van der Waals surface area contributed by atoms with E-state index in [2.05, 4.69) is 34.6 Å². The molecule has 0 saturated carbocycles. The first-order valence-corrected chi connectivity index (χ1v) is 5.87. The summed E-state index contributed by atoms with van der Waals surface area (Å²) >= 11 is 0. The van der Waals surface area contributed by atoms with Crippen molar-refractivity contribution in [2.24, 2.45) is 5.92 Å². The van der Waals surface area contributed by atoms with Gasteiger partial charge in [0.15, 0.2) is 5.79 Å². The van der Waals surface area contributed by atoms with E-state index in [1.165, 1.54) is 12.8 Å². The normalized spacial score (nSPS) is 38.1. The van der Waals surface area contributed by atoms with Crippen LogP contribution in [0.25, 0.3) is 0 Å². The second kappa shape index (κ2) is 4.63. The van der Waals surface area contributed by atoms with E-state index in [0.29, 0.717) is 5.92 Å². The highest BCUT2D eigenvalue weighted by Crippen LogP contribution is 2.38. The van der Waals surface area contributed by atoms with Gasteiger partial charge in [-0.2, -0.15) is 0 Å². The van der Waals surface area contributed by atoms with E-state index in [-0.39, 0.29) is 18.0 Å². The van der Waals surface area contributed by atoms with E-state index in [4.69, 9.17) is 9.47 Å². The van der Waals surface area contributed by atoms with Crippen molar-refractivity contribution in [1.82, 2.24) is 0 Å². The molecule has 14 heavy (non-hydrogen) atoms. The average Bonchev–Trinajstić information content (AvgIpc) is 2.41. The van der Waals surface area contributed by atoms with Gasteiger partial charge < -0.3 is 9.47 Å². The van der Waals surface area contributed by atoms with Crippen LogP contribution in [-0.4, -0.2) is 18.0 Å². The molecule has 1 saturated heterocycles. The standard InChI is InChI=1S/C12H24O2/c1-6-7-8-12(9(2)3)13-10(4)11(5)14-12/h9-11H,6-8H2,1-5H3. The molecule has 1 rings (SSSR count). The van der Waals surface area contributed by atoms with Crippen molar-refractivity contribution in [2.75, 3.05) is 0 Å². The molecule has 0 N–H and O–H groups in total. The van der Waals surface area contributed by atoms with E-state index in [9.17, 15) is 0 Å². The molecule has 84 valence electrons. The maximum absolute atomic E-state index is 6.00. The van der Waals surface area contributed by atoms with Gasteiger partial charge in [0, 0.05) is 12.3 Å². The Kier molecular flexibility index (Phi) is 3.96. The summed E-state index contributed by atoms with van der Waals surface area (Å²) in [6, 6.07) is 0. The van der Waals surface area contributed by atoms with Crippen LogP contribution in [0.5, 0.6) is 0 Å². The highest BCUT2D eigenvalue weighted by Gasteiger charge is 2.45. The largest absolute Gasteiger partial charge is 0.344 e. The van der Waals surface area contributed by atoms with Crippen LogP contribution < -0.4 is 0 Å². The van der Waals surface area contributed by atoms with Crippen molar-refractivity contribution >= 4 is 0 Å². The van der Waals surface area contributed by atoms with Gasteiger partial charge >= 0.3 is 0 Å². The lowest BCUT2D eigenvalue weighted by atomic mass is 9.97.